The van der Waals surface area contributed by atoms with Crippen LogP contribution in [0.2, 0.25) is 5.02 Å². The maximum absolute atomic E-state index is 12.1. The molecule has 142 valence electrons. The van der Waals surface area contributed by atoms with Gasteiger partial charge in [-0.1, -0.05) is 29.8 Å². The summed E-state index contributed by atoms with van der Waals surface area (Å²) >= 11 is 6.08. The van der Waals surface area contributed by atoms with Crippen LogP contribution in [0.4, 0.5) is 22.9 Å². The molecule has 1 heterocycles. The van der Waals surface area contributed by atoms with Crippen LogP contribution in [0, 0.1) is 0 Å². The Morgan fingerprint density at radius 3 is 2.50 bits per heavy atom. The van der Waals surface area contributed by atoms with Crippen LogP contribution in [0.5, 0.6) is 0 Å². The first kappa shape index (κ1) is 19.4. The van der Waals surface area contributed by atoms with Crippen molar-refractivity contribution in [2.45, 2.75) is 0 Å². The van der Waals surface area contributed by atoms with E-state index in [4.69, 9.17) is 11.6 Å². The van der Waals surface area contributed by atoms with Gasteiger partial charge in [0.2, 0.25) is 5.91 Å². The number of nitrogens with one attached hydrogen (secondary N) is 2. The van der Waals surface area contributed by atoms with Crippen LogP contribution in [0.15, 0.2) is 66.9 Å². The highest BCUT2D eigenvalue weighted by Gasteiger charge is 2.03. The average Bonchev–Trinajstić information content (AvgIpc) is 2.69. The van der Waals surface area contributed by atoms with Crippen molar-refractivity contribution in [3.8, 4) is 0 Å². The van der Waals surface area contributed by atoms with E-state index in [-0.39, 0.29) is 5.91 Å². The van der Waals surface area contributed by atoms with Crippen LogP contribution in [-0.4, -0.2) is 30.2 Å². The van der Waals surface area contributed by atoms with Gasteiger partial charge in [0.05, 0.1) is 11.9 Å². The molecule has 0 radical (unpaired) electrons. The minimum absolute atomic E-state index is 0.231. The molecule has 3 rings (SSSR count). The van der Waals surface area contributed by atoms with Crippen molar-refractivity contribution in [1.29, 1.82) is 0 Å². The molecule has 0 fully saturated rings. The average molecular weight is 394 g/mol. The van der Waals surface area contributed by atoms with E-state index in [9.17, 15) is 4.79 Å². The molecule has 0 saturated heterocycles. The molecule has 0 spiro atoms. The third-order valence-electron chi connectivity index (χ3n) is 3.90. The second-order valence-electron chi connectivity index (χ2n) is 6.24. The summed E-state index contributed by atoms with van der Waals surface area (Å²) in [4.78, 5) is 14.0. The summed E-state index contributed by atoms with van der Waals surface area (Å²) in [5.41, 5.74) is 3.27. The highest BCUT2D eigenvalue weighted by Crippen LogP contribution is 2.20. The van der Waals surface area contributed by atoms with Gasteiger partial charge in [-0.25, -0.2) is 0 Å². The van der Waals surface area contributed by atoms with E-state index >= 15 is 0 Å². The van der Waals surface area contributed by atoms with Crippen molar-refractivity contribution in [2.24, 2.45) is 0 Å². The van der Waals surface area contributed by atoms with Crippen molar-refractivity contribution in [1.82, 2.24) is 10.2 Å². The van der Waals surface area contributed by atoms with E-state index in [1.807, 2.05) is 67.5 Å². The van der Waals surface area contributed by atoms with Crippen LogP contribution >= 0.6 is 11.6 Å². The fraction of sp³-hybridized carbons (Fsp3) is 0.0952. The highest BCUT2D eigenvalue weighted by molar-refractivity contribution is 6.32. The summed E-state index contributed by atoms with van der Waals surface area (Å²) < 4.78 is 0. The number of nitrogens with zero attached hydrogens (tertiary/aromatic N) is 3. The Bertz CT molecular complexity index is 986. The summed E-state index contributed by atoms with van der Waals surface area (Å²) in [7, 11) is 3.89. The molecule has 0 unspecified atom stereocenters. The van der Waals surface area contributed by atoms with Gasteiger partial charge in [-0.3, -0.25) is 4.79 Å². The molecule has 0 aliphatic rings. The zero-order chi connectivity index (χ0) is 19.9. The number of benzene rings is 2. The molecule has 7 heteroatoms. The van der Waals surface area contributed by atoms with Crippen molar-refractivity contribution in [3.63, 3.8) is 0 Å². The quantitative estimate of drug-likeness (QED) is 0.599. The van der Waals surface area contributed by atoms with Gasteiger partial charge < -0.3 is 15.5 Å². The van der Waals surface area contributed by atoms with Crippen molar-refractivity contribution in [3.05, 3.63) is 77.5 Å². The number of halogens is 1. The first-order valence-electron chi connectivity index (χ1n) is 8.62. The third-order valence-corrected chi connectivity index (χ3v) is 4.25. The SMILES string of the molecule is CN(C)c1cnnc(Nc2ccc(NC(=O)/C=C/c3ccccc3Cl)cc2)c1. The normalized spacial score (nSPS) is 10.7. The van der Waals surface area contributed by atoms with Gasteiger partial charge in [-0.05, 0) is 42.0 Å². The molecule has 0 atom stereocenters. The van der Waals surface area contributed by atoms with E-state index in [0.29, 0.717) is 16.5 Å². The van der Waals surface area contributed by atoms with Crippen LogP contribution in [0.3, 0.4) is 0 Å². The molecule has 3 aromatic rings. The highest BCUT2D eigenvalue weighted by atomic mass is 35.5. The maximum Gasteiger partial charge on any atom is 0.248 e. The lowest BCUT2D eigenvalue weighted by atomic mass is 10.2. The van der Waals surface area contributed by atoms with Crippen LogP contribution in [0.25, 0.3) is 6.08 Å². The van der Waals surface area contributed by atoms with Crippen molar-refractivity contribution < 1.29 is 4.79 Å². The molecule has 2 N–H and O–H groups in total. The summed E-state index contributed by atoms with van der Waals surface area (Å²) in [6, 6.07) is 16.6. The number of rotatable bonds is 6. The number of hydrogen-bond donors (Lipinski definition) is 2. The molecule has 1 amide bonds. The van der Waals surface area contributed by atoms with Gasteiger partial charge >= 0.3 is 0 Å². The van der Waals surface area contributed by atoms with E-state index in [2.05, 4.69) is 20.8 Å². The number of hydrogen-bond acceptors (Lipinski definition) is 5. The van der Waals surface area contributed by atoms with Crippen LogP contribution in [-0.2, 0) is 4.79 Å². The van der Waals surface area contributed by atoms with Gasteiger partial charge in [0.15, 0.2) is 5.82 Å². The molecule has 0 saturated carbocycles. The van der Waals surface area contributed by atoms with E-state index in [0.717, 1.165) is 16.9 Å². The molecule has 0 aliphatic heterocycles. The largest absolute Gasteiger partial charge is 0.376 e. The molecule has 28 heavy (non-hydrogen) atoms. The summed E-state index contributed by atoms with van der Waals surface area (Å²) in [5, 5.41) is 14.7. The van der Waals surface area contributed by atoms with E-state index in [1.165, 1.54) is 6.08 Å². The second-order valence-corrected chi connectivity index (χ2v) is 6.65. The van der Waals surface area contributed by atoms with Gasteiger partial charge in [-0.15, -0.1) is 5.10 Å². The lowest BCUT2D eigenvalue weighted by Crippen LogP contribution is -2.10. The second kappa shape index (κ2) is 9.01. The molecular formula is C21H20ClN5O. The fourth-order valence-electron chi connectivity index (χ4n) is 2.41. The summed E-state index contributed by atoms with van der Waals surface area (Å²) in [5.74, 6) is 0.413. The topological polar surface area (TPSA) is 70.2 Å². The number of carbonyl (C=O) groups is 1. The van der Waals surface area contributed by atoms with Crippen LogP contribution in [0.1, 0.15) is 5.56 Å². The Balaban J connectivity index is 1.60. The van der Waals surface area contributed by atoms with Gasteiger partial charge in [-0.2, -0.15) is 5.10 Å². The Labute approximate surface area is 168 Å². The zero-order valence-electron chi connectivity index (χ0n) is 15.6. The molecule has 1 aromatic heterocycles. The van der Waals surface area contributed by atoms with Crippen molar-refractivity contribution in [2.75, 3.05) is 29.6 Å². The van der Waals surface area contributed by atoms with E-state index < -0.39 is 0 Å². The first-order valence-corrected chi connectivity index (χ1v) is 9.00. The number of carbonyl (C=O) groups excluding carboxylic acids is 1. The molecular weight excluding hydrogens is 374 g/mol. The third kappa shape index (κ3) is 5.31. The molecule has 0 aliphatic carbocycles. The van der Waals surface area contributed by atoms with E-state index in [1.54, 1.807) is 18.3 Å². The standard InChI is InChI=1S/C21H20ClN5O/c1-27(2)18-13-20(26-23-14-18)24-16-8-10-17(11-9-16)25-21(28)12-7-15-5-3-4-6-19(15)22/h3-14H,1-2H3,(H,24,26)(H,25,28)/b12-7+. The summed E-state index contributed by atoms with van der Waals surface area (Å²) in [6.45, 7) is 0. The van der Waals surface area contributed by atoms with Crippen molar-refractivity contribution >= 4 is 46.5 Å². The first-order chi connectivity index (χ1) is 13.5. The smallest absolute Gasteiger partial charge is 0.248 e. The van der Waals surface area contributed by atoms with Gasteiger partial charge in [0.1, 0.15) is 0 Å². The molecule has 0 bridgehead atoms. The Morgan fingerprint density at radius 1 is 1.07 bits per heavy atom. The Morgan fingerprint density at radius 2 is 1.79 bits per heavy atom. The maximum atomic E-state index is 12.1. The predicted octanol–water partition coefficient (Wildman–Crippen LogP) is 4.59. The lowest BCUT2D eigenvalue weighted by molar-refractivity contribution is -0.111. The van der Waals surface area contributed by atoms with Gasteiger partial charge in [0, 0.05) is 42.6 Å². The minimum Gasteiger partial charge on any atom is -0.376 e. The summed E-state index contributed by atoms with van der Waals surface area (Å²) in [6.07, 6.45) is 4.83. The zero-order valence-corrected chi connectivity index (χ0v) is 16.3. The fourth-order valence-corrected chi connectivity index (χ4v) is 2.61. The molecule has 2 aromatic carbocycles. The Hall–Kier alpha value is -3.38. The van der Waals surface area contributed by atoms with Crippen LogP contribution < -0.4 is 15.5 Å². The number of amides is 1. The molecule has 6 nitrogen and oxygen atoms in total. The number of anilines is 4. The Kier molecular flexibility index (Phi) is 6.24. The predicted molar refractivity (Wildman–Crippen MR) is 115 cm³/mol. The monoisotopic (exact) mass is 393 g/mol. The van der Waals surface area contributed by atoms with Gasteiger partial charge in [0.25, 0.3) is 0 Å². The number of aromatic nitrogens is 2. The lowest BCUT2D eigenvalue weighted by Gasteiger charge is -2.13. The minimum atomic E-state index is -0.231.